The molecular formula is C12H11N3O2S. The van der Waals surface area contributed by atoms with Crippen LogP contribution in [0.4, 0.5) is 11.4 Å². The Morgan fingerprint density at radius 2 is 1.89 bits per heavy atom. The lowest BCUT2D eigenvalue weighted by Gasteiger charge is -2.14. The summed E-state index contributed by atoms with van der Waals surface area (Å²) < 4.78 is 0. The van der Waals surface area contributed by atoms with E-state index in [9.17, 15) is 10.1 Å². The minimum absolute atomic E-state index is 0.250. The number of nitro groups is 1. The number of benzene rings is 1. The lowest BCUT2D eigenvalue weighted by Crippen LogP contribution is -2.26. The highest BCUT2D eigenvalue weighted by Gasteiger charge is 2.25. The zero-order valence-electron chi connectivity index (χ0n) is 9.37. The Bertz CT molecular complexity index is 573. The summed E-state index contributed by atoms with van der Waals surface area (Å²) in [7, 11) is 0. The molecule has 5 nitrogen and oxygen atoms in total. The Labute approximate surface area is 109 Å². The van der Waals surface area contributed by atoms with Crippen molar-refractivity contribution in [1.82, 2.24) is 0 Å². The van der Waals surface area contributed by atoms with E-state index in [1.807, 2.05) is 0 Å². The van der Waals surface area contributed by atoms with E-state index in [2.05, 4.69) is 0 Å². The third-order valence-electron chi connectivity index (χ3n) is 2.69. The van der Waals surface area contributed by atoms with Crippen molar-refractivity contribution in [2.24, 2.45) is 0 Å². The number of anilines is 2. The largest absolute Gasteiger partial charge is 0.398 e. The van der Waals surface area contributed by atoms with Gasteiger partial charge in [0.05, 0.1) is 4.86 Å². The minimum atomic E-state index is -0.949. The summed E-state index contributed by atoms with van der Waals surface area (Å²) in [5.41, 5.74) is 14.1. The van der Waals surface area contributed by atoms with Crippen LogP contribution in [0.2, 0.25) is 0 Å². The summed E-state index contributed by atoms with van der Waals surface area (Å²) in [5.74, 6) is 0. The molecule has 0 heterocycles. The van der Waals surface area contributed by atoms with Crippen molar-refractivity contribution in [3.8, 4) is 0 Å². The second-order valence-electron chi connectivity index (χ2n) is 3.90. The van der Waals surface area contributed by atoms with Gasteiger partial charge in [0.15, 0.2) is 0 Å². The average molecular weight is 261 g/mol. The van der Waals surface area contributed by atoms with Gasteiger partial charge in [-0.2, -0.15) is 0 Å². The lowest BCUT2D eigenvalue weighted by atomic mass is 9.95. The number of hydrogen-bond acceptors (Lipinski definition) is 5. The summed E-state index contributed by atoms with van der Waals surface area (Å²) in [6, 6.07) is 4.25. The number of thiocarbonyl (C=S) groups is 1. The normalized spacial score (nSPS) is 18.6. The van der Waals surface area contributed by atoms with Crippen LogP contribution in [0.25, 0.3) is 5.57 Å². The van der Waals surface area contributed by atoms with E-state index in [1.54, 1.807) is 30.4 Å². The van der Waals surface area contributed by atoms with Gasteiger partial charge in [-0.25, -0.2) is 0 Å². The molecule has 1 aromatic carbocycles. The van der Waals surface area contributed by atoms with Crippen LogP contribution in [-0.4, -0.2) is 15.8 Å². The van der Waals surface area contributed by atoms with Crippen LogP contribution in [0.5, 0.6) is 0 Å². The van der Waals surface area contributed by atoms with Gasteiger partial charge in [0.25, 0.3) is 6.04 Å². The van der Waals surface area contributed by atoms with Gasteiger partial charge in [0, 0.05) is 21.9 Å². The molecular weight excluding hydrogens is 250 g/mol. The molecule has 4 N–H and O–H groups in total. The van der Waals surface area contributed by atoms with Crippen molar-refractivity contribution in [3.63, 3.8) is 0 Å². The SMILES string of the molecule is Nc1cccc(N)c1C1=CC(=S)C([N+](=O)[O-])C=C1. The first-order valence-electron chi connectivity index (χ1n) is 5.22. The summed E-state index contributed by atoms with van der Waals surface area (Å²) in [6.45, 7) is 0. The molecule has 1 unspecified atom stereocenters. The van der Waals surface area contributed by atoms with E-state index < -0.39 is 11.0 Å². The van der Waals surface area contributed by atoms with Crippen molar-refractivity contribution in [2.75, 3.05) is 11.5 Å². The Morgan fingerprint density at radius 3 is 2.39 bits per heavy atom. The molecule has 0 bridgehead atoms. The monoisotopic (exact) mass is 261 g/mol. The van der Waals surface area contributed by atoms with Gasteiger partial charge >= 0.3 is 0 Å². The Kier molecular flexibility index (Phi) is 3.12. The maximum absolute atomic E-state index is 10.7. The molecule has 18 heavy (non-hydrogen) atoms. The first-order valence-corrected chi connectivity index (χ1v) is 5.63. The standard InChI is InChI=1S/C12H11N3O2S/c13-8-2-1-3-9(14)12(8)7-4-5-10(15(16)17)11(18)6-7/h1-6,10H,13-14H2. The molecule has 1 atom stereocenters. The van der Waals surface area contributed by atoms with Crippen molar-refractivity contribution in [2.45, 2.75) is 6.04 Å². The van der Waals surface area contributed by atoms with Crippen molar-refractivity contribution >= 4 is 34.0 Å². The Balaban J connectivity index is 2.44. The smallest absolute Gasteiger partial charge is 0.266 e. The van der Waals surface area contributed by atoms with E-state index >= 15 is 0 Å². The zero-order chi connectivity index (χ0) is 13.3. The third kappa shape index (κ3) is 2.10. The Morgan fingerprint density at radius 1 is 1.28 bits per heavy atom. The number of nitrogens with two attached hydrogens (primary N) is 2. The molecule has 1 aromatic rings. The van der Waals surface area contributed by atoms with Crippen LogP contribution in [0.3, 0.4) is 0 Å². The molecule has 0 spiro atoms. The molecule has 0 radical (unpaired) electrons. The van der Waals surface area contributed by atoms with Crippen LogP contribution in [0.15, 0.2) is 36.4 Å². The van der Waals surface area contributed by atoms with Gasteiger partial charge in [0.1, 0.15) is 0 Å². The van der Waals surface area contributed by atoms with Crippen molar-refractivity contribution in [1.29, 1.82) is 0 Å². The quantitative estimate of drug-likeness (QED) is 0.366. The third-order valence-corrected chi connectivity index (χ3v) is 3.05. The second kappa shape index (κ2) is 4.58. The van der Waals surface area contributed by atoms with E-state index in [-0.39, 0.29) is 4.86 Å². The number of nitrogens with zero attached hydrogens (tertiary/aromatic N) is 1. The van der Waals surface area contributed by atoms with Crippen LogP contribution in [0, 0.1) is 10.1 Å². The molecule has 6 heteroatoms. The average Bonchev–Trinajstić information content (AvgIpc) is 2.28. The van der Waals surface area contributed by atoms with Gasteiger partial charge in [-0.1, -0.05) is 24.4 Å². The molecule has 0 amide bonds. The van der Waals surface area contributed by atoms with Crippen LogP contribution < -0.4 is 11.5 Å². The van der Waals surface area contributed by atoms with E-state index in [0.29, 0.717) is 22.5 Å². The maximum atomic E-state index is 10.7. The highest BCUT2D eigenvalue weighted by atomic mass is 32.1. The second-order valence-corrected chi connectivity index (χ2v) is 4.37. The van der Waals surface area contributed by atoms with E-state index in [0.717, 1.165) is 0 Å². The molecule has 1 aliphatic carbocycles. The van der Waals surface area contributed by atoms with Gasteiger partial charge in [0.2, 0.25) is 0 Å². The number of nitrogen functional groups attached to an aromatic ring is 2. The lowest BCUT2D eigenvalue weighted by molar-refractivity contribution is -0.489. The van der Waals surface area contributed by atoms with Gasteiger partial charge < -0.3 is 11.5 Å². The molecule has 0 fully saturated rings. The molecule has 2 rings (SSSR count). The number of hydrogen-bond donors (Lipinski definition) is 2. The van der Waals surface area contributed by atoms with Gasteiger partial charge in [-0.3, -0.25) is 10.1 Å². The fourth-order valence-electron chi connectivity index (χ4n) is 1.83. The minimum Gasteiger partial charge on any atom is -0.398 e. The first-order chi connectivity index (χ1) is 8.50. The van der Waals surface area contributed by atoms with Gasteiger partial charge in [-0.15, -0.1) is 0 Å². The molecule has 0 saturated carbocycles. The molecule has 0 saturated heterocycles. The predicted molar refractivity (Wildman–Crippen MR) is 75.8 cm³/mol. The van der Waals surface area contributed by atoms with Crippen molar-refractivity contribution in [3.05, 3.63) is 52.1 Å². The highest BCUT2D eigenvalue weighted by molar-refractivity contribution is 7.80. The van der Waals surface area contributed by atoms with Gasteiger partial charge in [-0.05, 0) is 29.9 Å². The number of rotatable bonds is 2. The van der Waals surface area contributed by atoms with Crippen LogP contribution >= 0.6 is 12.2 Å². The van der Waals surface area contributed by atoms with Crippen LogP contribution in [0.1, 0.15) is 5.56 Å². The summed E-state index contributed by atoms with van der Waals surface area (Å²) in [5, 5.41) is 10.7. The van der Waals surface area contributed by atoms with Crippen molar-refractivity contribution < 1.29 is 4.92 Å². The topological polar surface area (TPSA) is 95.2 Å². The molecule has 92 valence electrons. The zero-order valence-corrected chi connectivity index (χ0v) is 10.2. The molecule has 0 aromatic heterocycles. The summed E-state index contributed by atoms with van der Waals surface area (Å²) >= 11 is 5.02. The number of allylic oxidation sites excluding steroid dienone is 2. The first kappa shape index (κ1) is 12.3. The summed E-state index contributed by atoms with van der Waals surface area (Å²) in [4.78, 5) is 10.6. The van der Waals surface area contributed by atoms with Crippen LogP contribution in [-0.2, 0) is 0 Å². The Hall–Kier alpha value is -2.21. The summed E-state index contributed by atoms with van der Waals surface area (Å²) in [6.07, 6.45) is 4.65. The molecule has 1 aliphatic rings. The predicted octanol–water partition coefficient (Wildman–Crippen LogP) is 1.82. The molecule has 0 aliphatic heterocycles. The van der Waals surface area contributed by atoms with E-state index in [1.165, 1.54) is 6.08 Å². The van der Waals surface area contributed by atoms with E-state index in [4.69, 9.17) is 23.7 Å². The highest BCUT2D eigenvalue weighted by Crippen LogP contribution is 2.30. The fourth-order valence-corrected chi connectivity index (χ4v) is 2.12. The fraction of sp³-hybridized carbons (Fsp3) is 0.0833. The maximum Gasteiger partial charge on any atom is 0.266 e.